The van der Waals surface area contributed by atoms with Gasteiger partial charge in [0.1, 0.15) is 10.8 Å². The molecule has 1 atom stereocenters. The summed E-state index contributed by atoms with van der Waals surface area (Å²) in [7, 11) is 0. The Hall–Kier alpha value is -2.60. The van der Waals surface area contributed by atoms with Gasteiger partial charge in [-0.15, -0.1) is 11.3 Å². The summed E-state index contributed by atoms with van der Waals surface area (Å²) < 4.78 is 11.0. The molecule has 0 saturated heterocycles. The van der Waals surface area contributed by atoms with Gasteiger partial charge in [0.15, 0.2) is 0 Å². The minimum atomic E-state index is -0.354. The molecule has 0 aliphatic heterocycles. The van der Waals surface area contributed by atoms with Crippen molar-refractivity contribution in [3.63, 3.8) is 0 Å². The Morgan fingerprint density at radius 1 is 1.18 bits per heavy atom. The lowest BCUT2D eigenvalue weighted by Gasteiger charge is -2.33. The molecule has 1 amide bonds. The van der Waals surface area contributed by atoms with Gasteiger partial charge in [-0.25, -0.2) is 4.79 Å². The first-order valence-corrected chi connectivity index (χ1v) is 13.1. The van der Waals surface area contributed by atoms with E-state index in [0.717, 1.165) is 49.0 Å². The van der Waals surface area contributed by atoms with Gasteiger partial charge >= 0.3 is 5.97 Å². The number of thiophene rings is 1. The van der Waals surface area contributed by atoms with Crippen LogP contribution >= 0.6 is 11.3 Å². The van der Waals surface area contributed by atoms with Crippen molar-refractivity contribution >= 4 is 34.3 Å². The van der Waals surface area contributed by atoms with E-state index >= 15 is 0 Å². The standard InChI is InChI=1S/C28H37NO4S/c1-6-8-17-33-21-13-9-19(10-14-21)11-16-24(30)29-26-25(27(31)32-7-2)22-15-12-20(28(3,4)5)18-23(22)34-26/h9-11,13-14,16,20H,6-8,12,15,17-18H2,1-5H3,(H,29,30)/b16-11+. The van der Waals surface area contributed by atoms with Crippen LogP contribution in [0, 0.1) is 11.3 Å². The van der Waals surface area contributed by atoms with Gasteiger partial charge in [-0.1, -0.05) is 46.2 Å². The van der Waals surface area contributed by atoms with E-state index in [2.05, 4.69) is 33.0 Å². The van der Waals surface area contributed by atoms with Gasteiger partial charge in [-0.2, -0.15) is 0 Å². The van der Waals surface area contributed by atoms with Crippen LogP contribution in [0.3, 0.4) is 0 Å². The highest BCUT2D eigenvalue weighted by molar-refractivity contribution is 7.17. The van der Waals surface area contributed by atoms with Crippen LogP contribution in [0.15, 0.2) is 30.3 Å². The van der Waals surface area contributed by atoms with Crippen molar-refractivity contribution in [1.29, 1.82) is 0 Å². The fraction of sp³-hybridized carbons (Fsp3) is 0.500. The first kappa shape index (κ1) is 26.0. The molecule has 0 radical (unpaired) electrons. The predicted octanol–water partition coefficient (Wildman–Crippen LogP) is 6.91. The highest BCUT2D eigenvalue weighted by atomic mass is 32.1. The number of amides is 1. The monoisotopic (exact) mass is 483 g/mol. The van der Waals surface area contributed by atoms with Crippen molar-refractivity contribution in [3.05, 3.63) is 51.9 Å². The maximum atomic E-state index is 12.8. The second-order valence-corrected chi connectivity index (χ2v) is 10.9. The number of anilines is 1. The Morgan fingerprint density at radius 3 is 2.56 bits per heavy atom. The molecule has 6 heteroatoms. The average molecular weight is 484 g/mol. The van der Waals surface area contributed by atoms with E-state index in [4.69, 9.17) is 9.47 Å². The second-order valence-electron chi connectivity index (χ2n) is 9.83. The van der Waals surface area contributed by atoms with E-state index in [1.807, 2.05) is 24.3 Å². The quantitative estimate of drug-likeness (QED) is 0.239. The van der Waals surface area contributed by atoms with Gasteiger partial charge in [0.2, 0.25) is 5.91 Å². The molecule has 0 saturated carbocycles. The highest BCUT2D eigenvalue weighted by Crippen LogP contribution is 2.44. The van der Waals surface area contributed by atoms with Gasteiger partial charge < -0.3 is 14.8 Å². The van der Waals surface area contributed by atoms with Gasteiger partial charge in [-0.3, -0.25) is 4.79 Å². The number of carbonyl (C=O) groups excluding carboxylic acids is 2. The Kier molecular flexibility index (Phi) is 8.95. The van der Waals surface area contributed by atoms with Gasteiger partial charge in [0.25, 0.3) is 0 Å². The molecule has 1 heterocycles. The second kappa shape index (κ2) is 11.7. The summed E-state index contributed by atoms with van der Waals surface area (Å²) >= 11 is 1.51. The normalized spacial score (nSPS) is 15.7. The van der Waals surface area contributed by atoms with Gasteiger partial charge in [0.05, 0.1) is 18.8 Å². The lowest BCUT2D eigenvalue weighted by atomic mass is 9.72. The molecule has 184 valence electrons. The molecule has 1 aromatic carbocycles. The SMILES string of the molecule is CCCCOc1ccc(/C=C/C(=O)Nc2sc3c(c2C(=O)OCC)CCC(C(C)(C)C)C3)cc1. The number of ether oxygens (including phenoxy) is 2. The third-order valence-corrected chi connectivity index (χ3v) is 7.45. The van der Waals surface area contributed by atoms with Crippen LogP contribution < -0.4 is 10.1 Å². The summed E-state index contributed by atoms with van der Waals surface area (Å²) in [4.78, 5) is 26.7. The van der Waals surface area contributed by atoms with Crippen LogP contribution in [0.5, 0.6) is 5.75 Å². The fourth-order valence-corrected chi connectivity index (χ4v) is 5.49. The molecule has 34 heavy (non-hydrogen) atoms. The molecule has 1 aliphatic rings. The maximum Gasteiger partial charge on any atom is 0.341 e. The van der Waals surface area contributed by atoms with E-state index in [1.54, 1.807) is 13.0 Å². The summed E-state index contributed by atoms with van der Waals surface area (Å²) in [5.74, 6) is 0.755. The Labute approximate surface area is 207 Å². The summed E-state index contributed by atoms with van der Waals surface area (Å²) in [6.45, 7) is 11.7. The lowest BCUT2D eigenvalue weighted by Crippen LogP contribution is -2.26. The number of nitrogens with one attached hydrogen (secondary N) is 1. The van der Waals surface area contributed by atoms with Crippen LogP contribution in [-0.2, 0) is 22.4 Å². The number of esters is 1. The summed E-state index contributed by atoms with van der Waals surface area (Å²) in [5, 5.41) is 3.53. The molecule has 3 rings (SSSR count). The first-order chi connectivity index (χ1) is 16.2. The number of hydrogen-bond donors (Lipinski definition) is 1. The topological polar surface area (TPSA) is 64.6 Å². The molecule has 2 aromatic rings. The van der Waals surface area contributed by atoms with E-state index in [9.17, 15) is 9.59 Å². The molecule has 1 aliphatic carbocycles. The zero-order valence-corrected chi connectivity index (χ0v) is 21.8. The molecule has 0 spiro atoms. The van der Waals surface area contributed by atoms with Crippen LogP contribution in [0.25, 0.3) is 6.08 Å². The smallest absolute Gasteiger partial charge is 0.341 e. The average Bonchev–Trinajstić information content (AvgIpc) is 3.15. The van der Waals surface area contributed by atoms with Crippen molar-refractivity contribution in [2.45, 2.75) is 66.7 Å². The molecular weight excluding hydrogens is 446 g/mol. The fourth-order valence-electron chi connectivity index (χ4n) is 4.17. The third kappa shape index (κ3) is 6.72. The Balaban J connectivity index is 1.73. The molecule has 0 bridgehead atoms. The molecule has 1 N–H and O–H groups in total. The largest absolute Gasteiger partial charge is 0.494 e. The molecule has 5 nitrogen and oxygen atoms in total. The highest BCUT2D eigenvalue weighted by Gasteiger charge is 2.34. The number of fused-ring (bicyclic) bond motifs is 1. The molecular formula is C28H37NO4S. The van der Waals surface area contributed by atoms with Crippen molar-refractivity contribution in [1.82, 2.24) is 0 Å². The van der Waals surface area contributed by atoms with E-state index in [0.29, 0.717) is 29.7 Å². The van der Waals surface area contributed by atoms with Gasteiger partial charge in [0, 0.05) is 11.0 Å². The number of benzene rings is 1. The first-order valence-electron chi connectivity index (χ1n) is 12.3. The minimum Gasteiger partial charge on any atom is -0.494 e. The van der Waals surface area contributed by atoms with Crippen molar-refractivity contribution in [2.75, 3.05) is 18.5 Å². The zero-order chi connectivity index (χ0) is 24.7. The maximum absolute atomic E-state index is 12.8. The molecule has 0 fully saturated rings. The zero-order valence-electron chi connectivity index (χ0n) is 21.0. The molecule has 1 unspecified atom stereocenters. The van der Waals surface area contributed by atoms with Crippen LogP contribution in [0.1, 0.15) is 80.2 Å². The van der Waals surface area contributed by atoms with E-state index in [-0.39, 0.29) is 17.3 Å². The van der Waals surface area contributed by atoms with E-state index < -0.39 is 0 Å². The number of unbranched alkanes of at least 4 members (excludes halogenated alkanes) is 1. The van der Waals surface area contributed by atoms with Crippen molar-refractivity contribution in [3.8, 4) is 5.75 Å². The molecule has 1 aromatic heterocycles. The van der Waals surface area contributed by atoms with Crippen LogP contribution in [0.4, 0.5) is 5.00 Å². The number of rotatable bonds is 9. The predicted molar refractivity (Wildman–Crippen MR) is 140 cm³/mol. The van der Waals surface area contributed by atoms with Crippen LogP contribution in [0.2, 0.25) is 0 Å². The van der Waals surface area contributed by atoms with Crippen LogP contribution in [-0.4, -0.2) is 25.1 Å². The third-order valence-electron chi connectivity index (χ3n) is 6.28. The minimum absolute atomic E-state index is 0.203. The summed E-state index contributed by atoms with van der Waals surface area (Å²) in [5.41, 5.74) is 2.68. The van der Waals surface area contributed by atoms with Gasteiger partial charge in [-0.05, 0) is 73.3 Å². The Morgan fingerprint density at radius 2 is 1.91 bits per heavy atom. The summed E-state index contributed by atoms with van der Waals surface area (Å²) in [6, 6.07) is 7.66. The number of hydrogen-bond acceptors (Lipinski definition) is 5. The van der Waals surface area contributed by atoms with Crippen molar-refractivity contribution < 1.29 is 19.1 Å². The lowest BCUT2D eigenvalue weighted by molar-refractivity contribution is -0.111. The van der Waals surface area contributed by atoms with E-state index in [1.165, 1.54) is 22.3 Å². The number of carbonyl (C=O) groups is 2. The Bertz CT molecular complexity index is 1010. The van der Waals surface area contributed by atoms with Crippen molar-refractivity contribution in [2.24, 2.45) is 11.3 Å². The summed E-state index contributed by atoms with van der Waals surface area (Å²) in [6.07, 6.45) is 8.17.